The lowest BCUT2D eigenvalue weighted by atomic mass is 10.2. The van der Waals surface area contributed by atoms with Crippen LogP contribution in [0.2, 0.25) is 5.02 Å². The van der Waals surface area contributed by atoms with Crippen LogP contribution in [0.4, 0.5) is 4.39 Å². The smallest absolute Gasteiger partial charge is 0.321 e. The zero-order valence-electron chi connectivity index (χ0n) is 8.32. The second-order valence-corrected chi connectivity index (χ2v) is 4.63. The van der Waals surface area contributed by atoms with Crippen molar-refractivity contribution in [2.45, 2.75) is 11.8 Å². The number of carboxylic acid groups (broad SMARTS) is 1. The van der Waals surface area contributed by atoms with Crippen LogP contribution in [-0.4, -0.2) is 22.9 Å². The molecule has 0 amide bonds. The van der Waals surface area contributed by atoms with Gasteiger partial charge in [-0.2, -0.15) is 11.8 Å². The third-order valence-corrected chi connectivity index (χ3v) is 3.35. The lowest BCUT2D eigenvalue weighted by molar-refractivity contribution is -0.137. The molecular formula is C10H11ClFNO2S. The largest absolute Gasteiger partial charge is 0.480 e. The van der Waals surface area contributed by atoms with Crippen LogP contribution < -0.4 is 5.73 Å². The standard InChI is InChI=1S/C10H11ClFNO2S/c11-8-3-7(12)2-1-6(8)4-16-5-9(13)10(14)15/h1-3,9H,4-5,13H2,(H,14,15)/t9-/m1/s1. The fourth-order valence-corrected chi connectivity index (χ4v) is 2.31. The van der Waals surface area contributed by atoms with Gasteiger partial charge in [0, 0.05) is 16.5 Å². The van der Waals surface area contributed by atoms with Crippen molar-refractivity contribution in [3.8, 4) is 0 Å². The minimum absolute atomic E-state index is 0.295. The summed E-state index contributed by atoms with van der Waals surface area (Å²) >= 11 is 7.16. The normalized spacial score (nSPS) is 12.4. The summed E-state index contributed by atoms with van der Waals surface area (Å²) in [5.41, 5.74) is 6.10. The molecule has 6 heteroatoms. The van der Waals surface area contributed by atoms with Crippen LogP contribution in [0, 0.1) is 5.82 Å². The first-order chi connectivity index (χ1) is 7.50. The van der Waals surface area contributed by atoms with Crippen molar-refractivity contribution in [1.82, 2.24) is 0 Å². The molecule has 1 rings (SSSR count). The number of benzene rings is 1. The minimum Gasteiger partial charge on any atom is -0.480 e. The molecule has 0 fully saturated rings. The maximum atomic E-state index is 12.7. The van der Waals surface area contributed by atoms with Gasteiger partial charge < -0.3 is 10.8 Å². The molecule has 1 atom stereocenters. The molecule has 0 aliphatic carbocycles. The molecule has 0 unspecified atom stereocenters. The second kappa shape index (κ2) is 6.08. The zero-order valence-corrected chi connectivity index (χ0v) is 9.89. The summed E-state index contributed by atoms with van der Waals surface area (Å²) in [6, 6.07) is 3.24. The van der Waals surface area contributed by atoms with Gasteiger partial charge in [0.1, 0.15) is 11.9 Å². The summed E-state index contributed by atoms with van der Waals surface area (Å²) < 4.78 is 12.7. The molecule has 0 spiro atoms. The molecule has 0 aliphatic rings. The molecule has 3 nitrogen and oxygen atoms in total. The summed E-state index contributed by atoms with van der Waals surface area (Å²) in [4.78, 5) is 10.4. The van der Waals surface area contributed by atoms with E-state index in [9.17, 15) is 9.18 Å². The van der Waals surface area contributed by atoms with Crippen LogP contribution >= 0.6 is 23.4 Å². The number of hydrogen-bond acceptors (Lipinski definition) is 3. The molecule has 0 saturated heterocycles. The molecule has 0 radical (unpaired) electrons. The summed E-state index contributed by atoms with van der Waals surface area (Å²) in [5.74, 6) is -0.609. The Balaban J connectivity index is 2.46. The van der Waals surface area contributed by atoms with E-state index in [0.717, 1.165) is 5.56 Å². The lowest BCUT2D eigenvalue weighted by Crippen LogP contribution is -2.32. The highest BCUT2D eigenvalue weighted by molar-refractivity contribution is 7.98. The van der Waals surface area contributed by atoms with Crippen molar-refractivity contribution in [3.63, 3.8) is 0 Å². The first-order valence-corrected chi connectivity index (χ1v) is 6.04. The topological polar surface area (TPSA) is 63.3 Å². The third-order valence-electron chi connectivity index (χ3n) is 1.89. The van der Waals surface area contributed by atoms with E-state index in [2.05, 4.69) is 0 Å². The highest BCUT2D eigenvalue weighted by atomic mass is 35.5. The van der Waals surface area contributed by atoms with E-state index < -0.39 is 12.0 Å². The van der Waals surface area contributed by atoms with E-state index in [1.807, 2.05) is 0 Å². The van der Waals surface area contributed by atoms with E-state index in [-0.39, 0.29) is 5.82 Å². The van der Waals surface area contributed by atoms with Gasteiger partial charge in [0.05, 0.1) is 0 Å². The average molecular weight is 264 g/mol. The Labute approximate surface area is 102 Å². The van der Waals surface area contributed by atoms with Crippen molar-refractivity contribution in [2.75, 3.05) is 5.75 Å². The predicted molar refractivity (Wildman–Crippen MR) is 63.2 cm³/mol. The van der Waals surface area contributed by atoms with E-state index >= 15 is 0 Å². The number of halogens is 2. The van der Waals surface area contributed by atoms with Crippen molar-refractivity contribution in [2.24, 2.45) is 5.73 Å². The number of carbonyl (C=O) groups is 1. The fraction of sp³-hybridized carbons (Fsp3) is 0.300. The van der Waals surface area contributed by atoms with Crippen molar-refractivity contribution in [3.05, 3.63) is 34.6 Å². The van der Waals surface area contributed by atoms with Gasteiger partial charge in [-0.1, -0.05) is 17.7 Å². The molecule has 16 heavy (non-hydrogen) atoms. The molecule has 1 aromatic rings. The number of aliphatic carboxylic acids is 1. The number of hydrogen-bond donors (Lipinski definition) is 2. The fourth-order valence-electron chi connectivity index (χ4n) is 1.01. The molecule has 0 aliphatic heterocycles. The highest BCUT2D eigenvalue weighted by Gasteiger charge is 2.11. The summed E-state index contributed by atoms with van der Waals surface area (Å²) in [6.45, 7) is 0. The molecular weight excluding hydrogens is 253 g/mol. The average Bonchev–Trinajstić information content (AvgIpc) is 2.20. The van der Waals surface area contributed by atoms with E-state index in [1.165, 1.54) is 23.9 Å². The van der Waals surface area contributed by atoms with Crippen LogP contribution in [0.15, 0.2) is 18.2 Å². The van der Waals surface area contributed by atoms with Gasteiger partial charge in [-0.3, -0.25) is 4.79 Å². The van der Waals surface area contributed by atoms with Gasteiger partial charge in [0.25, 0.3) is 0 Å². The van der Waals surface area contributed by atoms with Crippen LogP contribution in [0.25, 0.3) is 0 Å². The summed E-state index contributed by atoms with van der Waals surface area (Å²) in [6.07, 6.45) is 0. The first-order valence-electron chi connectivity index (χ1n) is 4.50. The van der Waals surface area contributed by atoms with Gasteiger partial charge in [-0.25, -0.2) is 4.39 Å². The van der Waals surface area contributed by atoms with Crippen molar-refractivity contribution >= 4 is 29.3 Å². The molecule has 1 aromatic carbocycles. The summed E-state index contributed by atoms with van der Waals surface area (Å²) in [5, 5.41) is 8.90. The van der Waals surface area contributed by atoms with Crippen LogP contribution in [0.3, 0.4) is 0 Å². The maximum Gasteiger partial charge on any atom is 0.321 e. The van der Waals surface area contributed by atoms with Gasteiger partial charge >= 0.3 is 5.97 Å². The number of nitrogens with two attached hydrogens (primary N) is 1. The quantitative estimate of drug-likeness (QED) is 0.854. The Kier molecular flexibility index (Phi) is 5.05. The van der Waals surface area contributed by atoms with Crippen LogP contribution in [-0.2, 0) is 10.5 Å². The van der Waals surface area contributed by atoms with Gasteiger partial charge in [0.2, 0.25) is 0 Å². The molecule has 0 heterocycles. The Morgan fingerprint density at radius 2 is 2.31 bits per heavy atom. The van der Waals surface area contributed by atoms with Crippen LogP contribution in [0.5, 0.6) is 0 Å². The highest BCUT2D eigenvalue weighted by Crippen LogP contribution is 2.22. The molecule has 0 saturated carbocycles. The number of thioether (sulfide) groups is 1. The van der Waals surface area contributed by atoms with E-state index in [0.29, 0.717) is 16.5 Å². The number of rotatable bonds is 5. The van der Waals surface area contributed by atoms with E-state index in [4.69, 9.17) is 22.4 Å². The summed E-state index contributed by atoms with van der Waals surface area (Å²) in [7, 11) is 0. The SMILES string of the molecule is N[C@H](CSCc1ccc(F)cc1Cl)C(=O)O. The van der Waals surface area contributed by atoms with Gasteiger partial charge in [-0.05, 0) is 17.7 Å². The Morgan fingerprint density at radius 3 is 2.88 bits per heavy atom. The molecule has 3 N–H and O–H groups in total. The molecule has 88 valence electrons. The van der Waals surface area contributed by atoms with Crippen molar-refractivity contribution < 1.29 is 14.3 Å². The van der Waals surface area contributed by atoms with Crippen molar-refractivity contribution in [1.29, 1.82) is 0 Å². The van der Waals surface area contributed by atoms with Gasteiger partial charge in [0.15, 0.2) is 0 Å². The Morgan fingerprint density at radius 1 is 1.62 bits per heavy atom. The van der Waals surface area contributed by atoms with E-state index in [1.54, 1.807) is 6.07 Å². The number of carboxylic acids is 1. The molecule has 0 aromatic heterocycles. The zero-order chi connectivity index (χ0) is 12.1. The maximum absolute atomic E-state index is 12.7. The Hall–Kier alpha value is -0.780. The van der Waals surface area contributed by atoms with Crippen LogP contribution in [0.1, 0.15) is 5.56 Å². The monoisotopic (exact) mass is 263 g/mol. The molecule has 0 bridgehead atoms. The predicted octanol–water partition coefficient (Wildman–Crippen LogP) is 2.12. The first kappa shape index (κ1) is 13.3. The lowest BCUT2D eigenvalue weighted by Gasteiger charge is -2.07. The van der Waals surface area contributed by atoms with Gasteiger partial charge in [-0.15, -0.1) is 0 Å². The third kappa shape index (κ3) is 4.00. The Bertz CT molecular complexity index is 389. The second-order valence-electron chi connectivity index (χ2n) is 3.20. The minimum atomic E-state index is -1.03.